The fourth-order valence-corrected chi connectivity index (χ4v) is 1.13. The molecule has 0 spiro atoms. The Morgan fingerprint density at radius 3 is 1.96 bits per heavy atom. The molecular formula is C14H22O9. The average molecular weight is 334 g/mol. The number of carbonyl (C=O) groups excluding carboxylic acids is 1. The van der Waals surface area contributed by atoms with Crippen LogP contribution in [0.15, 0.2) is 12.2 Å². The van der Waals surface area contributed by atoms with E-state index in [0.29, 0.717) is 6.61 Å². The molecule has 0 saturated carbocycles. The number of rotatable bonds is 10. The smallest absolute Gasteiger partial charge is 0.333 e. The van der Waals surface area contributed by atoms with Crippen molar-refractivity contribution in [2.75, 3.05) is 19.8 Å². The van der Waals surface area contributed by atoms with E-state index in [-0.39, 0.29) is 25.2 Å². The predicted molar refractivity (Wildman–Crippen MR) is 77.9 cm³/mol. The molecule has 132 valence electrons. The van der Waals surface area contributed by atoms with E-state index in [9.17, 15) is 19.2 Å². The van der Waals surface area contributed by atoms with Crippen molar-refractivity contribution in [1.29, 1.82) is 0 Å². The van der Waals surface area contributed by atoms with E-state index >= 15 is 0 Å². The summed E-state index contributed by atoms with van der Waals surface area (Å²) in [6, 6.07) is 0. The van der Waals surface area contributed by atoms with Crippen molar-refractivity contribution in [3.8, 4) is 0 Å². The first-order valence-electron chi connectivity index (χ1n) is 6.68. The zero-order chi connectivity index (χ0) is 18.4. The molecule has 0 aromatic carbocycles. The fourth-order valence-electron chi connectivity index (χ4n) is 1.13. The van der Waals surface area contributed by atoms with E-state index in [1.165, 1.54) is 6.92 Å². The number of esters is 1. The molecule has 0 saturated heterocycles. The third-order valence-electron chi connectivity index (χ3n) is 2.25. The Hall–Kier alpha value is -2.42. The van der Waals surface area contributed by atoms with Crippen LogP contribution in [0.25, 0.3) is 0 Å². The van der Waals surface area contributed by atoms with Crippen LogP contribution in [0.5, 0.6) is 0 Å². The summed E-state index contributed by atoms with van der Waals surface area (Å²) in [5.41, 5.74) is 0.213. The van der Waals surface area contributed by atoms with E-state index in [4.69, 9.17) is 15.3 Å². The number of ether oxygens (including phenoxy) is 2. The summed E-state index contributed by atoms with van der Waals surface area (Å²) < 4.78 is 9.17. The highest BCUT2D eigenvalue weighted by molar-refractivity contribution is 5.87. The van der Waals surface area contributed by atoms with Gasteiger partial charge in [0.15, 0.2) is 0 Å². The largest absolute Gasteiger partial charge is 0.481 e. The second-order valence-corrected chi connectivity index (χ2v) is 4.37. The van der Waals surface area contributed by atoms with E-state index < -0.39 is 36.2 Å². The van der Waals surface area contributed by atoms with Crippen LogP contribution < -0.4 is 0 Å². The first-order chi connectivity index (χ1) is 10.6. The van der Waals surface area contributed by atoms with Gasteiger partial charge in [0.1, 0.15) is 6.61 Å². The van der Waals surface area contributed by atoms with Gasteiger partial charge in [0.05, 0.1) is 18.9 Å². The Morgan fingerprint density at radius 2 is 1.65 bits per heavy atom. The standard InChI is InChI=1S/C10H14O6.C4H8O3/c1-6(2)10(15)16-4-3-7(9(13)14)5-8(11)12;1-2-7-3-4(5)6/h7H,1,3-5H2,2H3,(H,11,12)(H,13,14);2-3H2,1H3,(H,5,6). The molecule has 23 heavy (non-hydrogen) atoms. The molecule has 0 aromatic rings. The monoisotopic (exact) mass is 334 g/mol. The number of aliphatic carboxylic acids is 3. The molecule has 9 nitrogen and oxygen atoms in total. The van der Waals surface area contributed by atoms with Crippen molar-refractivity contribution < 1.29 is 44.0 Å². The third-order valence-corrected chi connectivity index (χ3v) is 2.25. The van der Waals surface area contributed by atoms with Gasteiger partial charge in [0.2, 0.25) is 0 Å². The lowest BCUT2D eigenvalue weighted by Gasteiger charge is -2.09. The van der Waals surface area contributed by atoms with Crippen LogP contribution in [-0.4, -0.2) is 59.0 Å². The first-order valence-corrected chi connectivity index (χ1v) is 6.68. The number of carbonyl (C=O) groups is 4. The molecule has 0 aliphatic carbocycles. The molecule has 3 N–H and O–H groups in total. The van der Waals surface area contributed by atoms with Gasteiger partial charge in [0.25, 0.3) is 0 Å². The Morgan fingerprint density at radius 1 is 1.09 bits per heavy atom. The lowest BCUT2D eigenvalue weighted by atomic mass is 10.0. The van der Waals surface area contributed by atoms with Gasteiger partial charge in [0, 0.05) is 12.2 Å². The van der Waals surface area contributed by atoms with Crippen LogP contribution in [0, 0.1) is 5.92 Å². The minimum atomic E-state index is -1.21. The predicted octanol–water partition coefficient (Wildman–Crippen LogP) is 0.779. The summed E-state index contributed by atoms with van der Waals surface area (Å²) in [5.74, 6) is -4.98. The van der Waals surface area contributed by atoms with E-state index in [1.807, 2.05) is 0 Å². The summed E-state index contributed by atoms with van der Waals surface area (Å²) >= 11 is 0. The number of carboxylic acid groups (broad SMARTS) is 3. The Balaban J connectivity index is 0. The SMILES string of the molecule is C=C(C)C(=O)OCCC(CC(=O)O)C(=O)O.CCOCC(=O)O. The Labute approximate surface area is 133 Å². The van der Waals surface area contributed by atoms with Crippen LogP contribution in [-0.2, 0) is 28.7 Å². The van der Waals surface area contributed by atoms with Gasteiger partial charge in [-0.2, -0.15) is 0 Å². The van der Waals surface area contributed by atoms with E-state index in [0.717, 1.165) is 0 Å². The topological polar surface area (TPSA) is 147 Å². The van der Waals surface area contributed by atoms with Crippen LogP contribution in [0.1, 0.15) is 26.7 Å². The van der Waals surface area contributed by atoms with Crippen molar-refractivity contribution in [3.63, 3.8) is 0 Å². The highest BCUT2D eigenvalue weighted by atomic mass is 16.5. The van der Waals surface area contributed by atoms with Crippen molar-refractivity contribution in [2.24, 2.45) is 5.92 Å². The van der Waals surface area contributed by atoms with Crippen molar-refractivity contribution in [1.82, 2.24) is 0 Å². The highest BCUT2D eigenvalue weighted by Gasteiger charge is 2.21. The van der Waals surface area contributed by atoms with Gasteiger partial charge in [-0.1, -0.05) is 6.58 Å². The molecular weight excluding hydrogens is 312 g/mol. The zero-order valence-electron chi connectivity index (χ0n) is 13.1. The van der Waals surface area contributed by atoms with Gasteiger partial charge in [-0.15, -0.1) is 0 Å². The van der Waals surface area contributed by atoms with Gasteiger partial charge in [-0.25, -0.2) is 9.59 Å². The summed E-state index contributed by atoms with van der Waals surface area (Å²) in [6.07, 6.45) is -0.513. The molecule has 0 rings (SSSR count). The van der Waals surface area contributed by atoms with Crippen LogP contribution in [0.4, 0.5) is 0 Å². The van der Waals surface area contributed by atoms with Crippen LogP contribution in [0.2, 0.25) is 0 Å². The Bertz CT molecular complexity index is 428. The lowest BCUT2D eigenvalue weighted by molar-refractivity contribution is -0.150. The molecule has 0 amide bonds. The highest BCUT2D eigenvalue weighted by Crippen LogP contribution is 2.09. The zero-order valence-corrected chi connectivity index (χ0v) is 13.1. The van der Waals surface area contributed by atoms with Crippen LogP contribution >= 0.6 is 0 Å². The third kappa shape index (κ3) is 15.8. The molecule has 0 bridgehead atoms. The molecule has 0 radical (unpaired) electrons. The van der Waals surface area contributed by atoms with Gasteiger partial charge < -0.3 is 24.8 Å². The molecule has 0 heterocycles. The molecule has 0 aliphatic heterocycles. The number of hydrogen-bond acceptors (Lipinski definition) is 6. The molecule has 1 atom stereocenters. The van der Waals surface area contributed by atoms with Crippen molar-refractivity contribution in [3.05, 3.63) is 12.2 Å². The van der Waals surface area contributed by atoms with Gasteiger partial charge >= 0.3 is 23.9 Å². The number of carboxylic acids is 3. The van der Waals surface area contributed by atoms with E-state index in [1.54, 1.807) is 6.92 Å². The maximum Gasteiger partial charge on any atom is 0.333 e. The minimum Gasteiger partial charge on any atom is -0.481 e. The summed E-state index contributed by atoms with van der Waals surface area (Å²) in [4.78, 5) is 41.5. The molecule has 0 aliphatic rings. The molecule has 1 unspecified atom stereocenters. The van der Waals surface area contributed by atoms with Gasteiger partial charge in [-0.05, 0) is 20.3 Å². The Kier molecular flexibility index (Phi) is 13.2. The van der Waals surface area contributed by atoms with Crippen molar-refractivity contribution in [2.45, 2.75) is 26.7 Å². The molecule has 0 fully saturated rings. The minimum absolute atomic E-state index is 0.0271. The van der Waals surface area contributed by atoms with Crippen LogP contribution in [0.3, 0.4) is 0 Å². The summed E-state index contributed by atoms with van der Waals surface area (Å²) in [7, 11) is 0. The average Bonchev–Trinajstić information content (AvgIpc) is 2.43. The molecule has 9 heteroatoms. The fraction of sp³-hybridized carbons (Fsp3) is 0.571. The second kappa shape index (κ2) is 13.3. The quantitative estimate of drug-likeness (QED) is 0.389. The lowest BCUT2D eigenvalue weighted by Crippen LogP contribution is -2.20. The summed E-state index contributed by atoms with van der Waals surface area (Å²) in [6.45, 7) is 6.72. The maximum absolute atomic E-state index is 10.9. The normalized spacial score (nSPS) is 10.7. The molecule has 0 aromatic heterocycles. The summed E-state index contributed by atoms with van der Waals surface area (Å²) in [5, 5.41) is 25.0. The second-order valence-electron chi connectivity index (χ2n) is 4.37. The van der Waals surface area contributed by atoms with Gasteiger partial charge in [-0.3, -0.25) is 9.59 Å². The van der Waals surface area contributed by atoms with E-state index in [2.05, 4.69) is 16.1 Å². The van der Waals surface area contributed by atoms with Crippen molar-refractivity contribution >= 4 is 23.9 Å². The first kappa shape index (κ1) is 22.9. The maximum atomic E-state index is 10.9. The number of hydrogen-bond donors (Lipinski definition) is 3.